The zero-order valence-corrected chi connectivity index (χ0v) is 18.8. The summed E-state index contributed by atoms with van der Waals surface area (Å²) in [6.45, 7) is 1.77. The fourth-order valence-electron chi connectivity index (χ4n) is 5.49. The molecule has 0 radical (unpaired) electrons. The highest BCUT2D eigenvalue weighted by Gasteiger charge is 2.62. The van der Waals surface area contributed by atoms with Crippen molar-refractivity contribution in [3.8, 4) is 6.07 Å². The van der Waals surface area contributed by atoms with Crippen molar-refractivity contribution in [1.29, 1.82) is 5.26 Å². The zero-order valence-electron chi connectivity index (χ0n) is 18.8. The number of nitriles is 1. The van der Waals surface area contributed by atoms with Crippen LogP contribution >= 0.6 is 0 Å². The van der Waals surface area contributed by atoms with Gasteiger partial charge in [-0.15, -0.1) is 0 Å². The van der Waals surface area contributed by atoms with Crippen LogP contribution in [0.5, 0.6) is 0 Å². The average molecular weight is 475 g/mol. The largest absolute Gasteiger partial charge is 0.376 e. The van der Waals surface area contributed by atoms with Crippen molar-refractivity contribution >= 4 is 17.7 Å². The predicted octanol–water partition coefficient (Wildman–Crippen LogP) is 1.44. The number of aliphatic hydroxyl groups is 1. The lowest BCUT2D eigenvalue weighted by molar-refractivity contribution is -0.203. The Kier molecular flexibility index (Phi) is 6.34. The number of halogens is 2. The molecule has 3 N–H and O–H groups in total. The number of amides is 3. The first-order chi connectivity index (χ1) is 16.1. The summed E-state index contributed by atoms with van der Waals surface area (Å²) in [5.74, 6) is -6.95. The van der Waals surface area contributed by atoms with Crippen molar-refractivity contribution in [2.45, 2.75) is 68.7 Å². The number of nitrogens with one attached hydrogen (secondary N) is 2. The lowest BCUT2D eigenvalue weighted by atomic mass is 9.70. The van der Waals surface area contributed by atoms with Gasteiger partial charge in [-0.05, 0) is 38.2 Å². The molecule has 3 heterocycles. The maximum absolute atomic E-state index is 14.9. The summed E-state index contributed by atoms with van der Waals surface area (Å²) >= 11 is 0. The monoisotopic (exact) mass is 474 g/mol. The fourth-order valence-corrected chi connectivity index (χ4v) is 5.49. The lowest BCUT2D eigenvalue weighted by Crippen LogP contribution is -2.70. The first-order valence-electron chi connectivity index (χ1n) is 11.5. The third-order valence-electron chi connectivity index (χ3n) is 7.35. The van der Waals surface area contributed by atoms with Crippen LogP contribution in [0.4, 0.5) is 8.78 Å². The number of carbonyl (C=O) groups is 3. The number of benzene rings is 1. The maximum atomic E-state index is 14.9. The van der Waals surface area contributed by atoms with Gasteiger partial charge in [-0.2, -0.15) is 5.26 Å². The van der Waals surface area contributed by atoms with E-state index < -0.39 is 59.7 Å². The summed E-state index contributed by atoms with van der Waals surface area (Å²) in [6.07, 6.45) is 0.340. The Hall–Kier alpha value is -3.06. The Morgan fingerprint density at radius 3 is 2.62 bits per heavy atom. The van der Waals surface area contributed by atoms with Crippen LogP contribution in [-0.2, 0) is 20.0 Å². The average Bonchev–Trinajstić information content (AvgIpc) is 3.21. The van der Waals surface area contributed by atoms with E-state index in [4.69, 9.17) is 0 Å². The standard InChI is InChI=1S/C24H28F2N4O4/c1-23(34,15-5-3-2-4-6-15)22(33)30-17-7-8-18(24(25,26)12-17)19(30)21(32)29-16(13-27)11-14-9-10-28-20(14)31/h2-6,14,16-19,34H,7-12H2,1H3,(H,28,31)(H,29,32)/t14-,16+,17-,18-,19+,23-/m1/s1. The van der Waals surface area contributed by atoms with Crippen LogP contribution in [0.1, 0.15) is 44.6 Å². The molecule has 182 valence electrons. The Bertz CT molecular complexity index is 1010. The zero-order chi connectivity index (χ0) is 24.7. The lowest BCUT2D eigenvalue weighted by Gasteiger charge is -2.54. The van der Waals surface area contributed by atoms with Gasteiger partial charge >= 0.3 is 0 Å². The molecule has 0 spiro atoms. The van der Waals surface area contributed by atoms with Gasteiger partial charge in [0.25, 0.3) is 11.8 Å². The SMILES string of the molecule is C[C@](O)(C(=O)N1[C@@H]2CC[C@H]([C@H]1C(=O)N[C@H](C#N)C[C@H]1CCNC1=O)C(F)(F)C2)c1ccccc1. The van der Waals surface area contributed by atoms with Gasteiger partial charge in [0.2, 0.25) is 11.8 Å². The highest BCUT2D eigenvalue weighted by atomic mass is 19.3. The first kappa shape index (κ1) is 24.1. The Morgan fingerprint density at radius 2 is 2.03 bits per heavy atom. The van der Waals surface area contributed by atoms with Crippen LogP contribution in [0.15, 0.2) is 30.3 Å². The molecule has 34 heavy (non-hydrogen) atoms. The Labute approximate surface area is 196 Å². The van der Waals surface area contributed by atoms with E-state index in [1.807, 2.05) is 6.07 Å². The summed E-state index contributed by atoms with van der Waals surface area (Å²) in [4.78, 5) is 39.8. The third kappa shape index (κ3) is 4.25. The summed E-state index contributed by atoms with van der Waals surface area (Å²) in [5.41, 5.74) is -1.74. The first-order valence-corrected chi connectivity index (χ1v) is 11.5. The van der Waals surface area contributed by atoms with E-state index in [1.54, 1.807) is 30.3 Å². The second kappa shape index (κ2) is 8.95. The minimum absolute atomic E-state index is 0.0509. The summed E-state index contributed by atoms with van der Waals surface area (Å²) in [5, 5.41) is 25.8. The molecule has 0 aromatic heterocycles. The molecule has 6 atom stereocenters. The van der Waals surface area contributed by atoms with Gasteiger partial charge in [0.05, 0.1) is 12.0 Å². The Balaban J connectivity index is 1.60. The number of alkyl halides is 2. The summed E-state index contributed by atoms with van der Waals surface area (Å²) < 4.78 is 29.7. The quantitative estimate of drug-likeness (QED) is 0.576. The van der Waals surface area contributed by atoms with Gasteiger partial charge in [0.1, 0.15) is 12.1 Å². The highest BCUT2D eigenvalue weighted by Crippen LogP contribution is 2.50. The van der Waals surface area contributed by atoms with Gasteiger partial charge in [-0.25, -0.2) is 8.78 Å². The van der Waals surface area contributed by atoms with Crippen LogP contribution in [0.2, 0.25) is 0 Å². The predicted molar refractivity (Wildman–Crippen MR) is 116 cm³/mol. The minimum Gasteiger partial charge on any atom is -0.376 e. The molecule has 3 amide bonds. The van der Waals surface area contributed by atoms with Gasteiger partial charge in [-0.1, -0.05) is 30.3 Å². The molecule has 1 aromatic carbocycles. The fraction of sp³-hybridized carbons (Fsp3) is 0.583. The van der Waals surface area contributed by atoms with Crippen molar-refractivity contribution in [1.82, 2.24) is 15.5 Å². The van der Waals surface area contributed by atoms with E-state index in [9.17, 15) is 33.5 Å². The number of hydrogen-bond donors (Lipinski definition) is 3. The Morgan fingerprint density at radius 1 is 1.32 bits per heavy atom. The van der Waals surface area contributed by atoms with Crippen LogP contribution < -0.4 is 10.6 Å². The van der Waals surface area contributed by atoms with Gasteiger partial charge in [0.15, 0.2) is 5.60 Å². The molecule has 1 saturated carbocycles. The van der Waals surface area contributed by atoms with Crippen LogP contribution in [-0.4, -0.2) is 58.3 Å². The molecule has 5 rings (SSSR count). The third-order valence-corrected chi connectivity index (χ3v) is 7.35. The second-order valence-electron chi connectivity index (χ2n) is 9.60. The molecular formula is C24H28F2N4O4. The van der Waals surface area contributed by atoms with Crippen LogP contribution in [0.25, 0.3) is 0 Å². The molecule has 1 aromatic rings. The molecule has 10 heteroatoms. The summed E-state index contributed by atoms with van der Waals surface area (Å²) in [7, 11) is 0. The number of piperidine rings is 2. The number of hydrogen-bond acceptors (Lipinski definition) is 5. The van der Waals surface area contributed by atoms with E-state index in [0.717, 1.165) is 4.90 Å². The highest BCUT2D eigenvalue weighted by molar-refractivity contribution is 5.93. The van der Waals surface area contributed by atoms with E-state index in [0.29, 0.717) is 19.4 Å². The molecule has 1 aliphatic carbocycles. The molecule has 3 saturated heterocycles. The number of nitrogens with zero attached hydrogens (tertiary/aromatic N) is 2. The molecule has 2 bridgehead atoms. The molecule has 4 fully saturated rings. The summed E-state index contributed by atoms with van der Waals surface area (Å²) in [6, 6.07) is 6.55. The van der Waals surface area contributed by atoms with Crippen LogP contribution in [0.3, 0.4) is 0 Å². The van der Waals surface area contributed by atoms with E-state index in [-0.39, 0.29) is 24.3 Å². The molecule has 4 aliphatic rings. The van der Waals surface area contributed by atoms with E-state index >= 15 is 0 Å². The van der Waals surface area contributed by atoms with Crippen molar-refractivity contribution in [3.63, 3.8) is 0 Å². The van der Waals surface area contributed by atoms with Gasteiger partial charge in [-0.3, -0.25) is 14.4 Å². The van der Waals surface area contributed by atoms with E-state index in [2.05, 4.69) is 10.6 Å². The van der Waals surface area contributed by atoms with Crippen molar-refractivity contribution in [2.24, 2.45) is 11.8 Å². The topological polar surface area (TPSA) is 123 Å². The van der Waals surface area contributed by atoms with Crippen LogP contribution in [0, 0.1) is 23.2 Å². The number of fused-ring (bicyclic) bond motifs is 3. The van der Waals surface area contributed by atoms with Gasteiger partial charge < -0.3 is 20.6 Å². The number of rotatable bonds is 6. The normalized spacial score (nSPS) is 30.1. The van der Waals surface area contributed by atoms with Crippen molar-refractivity contribution in [3.05, 3.63) is 35.9 Å². The molecule has 0 unspecified atom stereocenters. The maximum Gasteiger partial charge on any atom is 0.259 e. The second-order valence-corrected chi connectivity index (χ2v) is 9.60. The molecule has 8 nitrogen and oxygen atoms in total. The molecule has 3 aliphatic heterocycles. The van der Waals surface area contributed by atoms with Crippen molar-refractivity contribution in [2.75, 3.05) is 6.54 Å². The van der Waals surface area contributed by atoms with Crippen molar-refractivity contribution < 1.29 is 28.3 Å². The molecular weight excluding hydrogens is 446 g/mol. The minimum atomic E-state index is -3.16. The number of carbonyl (C=O) groups excluding carboxylic acids is 3. The van der Waals surface area contributed by atoms with E-state index in [1.165, 1.54) is 6.92 Å². The smallest absolute Gasteiger partial charge is 0.259 e. The van der Waals surface area contributed by atoms with Gasteiger partial charge in [0, 0.05) is 24.9 Å².